The van der Waals surface area contributed by atoms with Gasteiger partial charge in [0, 0.05) is 25.0 Å². The Morgan fingerprint density at radius 3 is 2.24 bits per heavy atom. The number of benzene rings is 2. The van der Waals surface area contributed by atoms with Crippen molar-refractivity contribution in [2.24, 2.45) is 0 Å². The normalized spacial score (nSPS) is 14.1. The Morgan fingerprint density at radius 2 is 1.52 bits per heavy atom. The van der Waals surface area contributed by atoms with E-state index >= 15 is 0 Å². The van der Waals surface area contributed by atoms with Gasteiger partial charge in [0.1, 0.15) is 11.5 Å². The van der Waals surface area contributed by atoms with E-state index < -0.39 is 0 Å². The molecule has 3 aromatic rings. The fourth-order valence-electron chi connectivity index (χ4n) is 3.48. The van der Waals surface area contributed by atoms with Gasteiger partial charge in [0.15, 0.2) is 0 Å². The van der Waals surface area contributed by atoms with Gasteiger partial charge < -0.3 is 15.0 Å². The zero-order valence-electron chi connectivity index (χ0n) is 16.4. The van der Waals surface area contributed by atoms with E-state index in [-0.39, 0.29) is 5.91 Å². The van der Waals surface area contributed by atoms with Crippen molar-refractivity contribution in [3.8, 4) is 11.5 Å². The molecular formula is C24H25N3O2. The zero-order chi connectivity index (χ0) is 19.9. The first kappa shape index (κ1) is 19.0. The van der Waals surface area contributed by atoms with Crippen LogP contribution in [-0.2, 0) is 0 Å². The summed E-state index contributed by atoms with van der Waals surface area (Å²) in [6, 6.07) is 19.3. The monoisotopic (exact) mass is 387 g/mol. The van der Waals surface area contributed by atoms with Crippen LogP contribution in [0.1, 0.15) is 36.0 Å². The second-order valence-corrected chi connectivity index (χ2v) is 7.23. The molecule has 0 unspecified atom stereocenters. The molecule has 148 valence electrons. The van der Waals surface area contributed by atoms with Gasteiger partial charge in [-0.05, 0) is 55.3 Å². The predicted octanol–water partition coefficient (Wildman–Crippen LogP) is 5.63. The molecule has 1 amide bonds. The molecule has 4 rings (SSSR count). The van der Waals surface area contributed by atoms with E-state index in [2.05, 4.69) is 10.3 Å². The molecule has 2 heterocycles. The number of likely N-dealkylation sites (tertiary alicyclic amines) is 1. The summed E-state index contributed by atoms with van der Waals surface area (Å²) >= 11 is 0. The Hall–Kier alpha value is -3.34. The van der Waals surface area contributed by atoms with Crippen molar-refractivity contribution < 1.29 is 9.53 Å². The second-order valence-electron chi connectivity index (χ2n) is 7.23. The number of amides is 1. The van der Waals surface area contributed by atoms with E-state index in [0.717, 1.165) is 48.8 Å². The van der Waals surface area contributed by atoms with E-state index in [0.29, 0.717) is 5.56 Å². The predicted molar refractivity (Wildman–Crippen MR) is 115 cm³/mol. The number of nitrogens with one attached hydrogen (secondary N) is 1. The second kappa shape index (κ2) is 9.24. The molecule has 29 heavy (non-hydrogen) atoms. The first-order chi connectivity index (χ1) is 14.3. The number of aromatic nitrogens is 1. The average molecular weight is 387 g/mol. The molecule has 0 bridgehead atoms. The van der Waals surface area contributed by atoms with Gasteiger partial charge in [0.2, 0.25) is 0 Å². The number of rotatable bonds is 5. The van der Waals surface area contributed by atoms with Crippen molar-refractivity contribution in [3.05, 3.63) is 78.6 Å². The van der Waals surface area contributed by atoms with Crippen LogP contribution < -0.4 is 10.1 Å². The minimum Gasteiger partial charge on any atom is -0.457 e. The highest BCUT2D eigenvalue weighted by molar-refractivity contribution is 5.95. The lowest BCUT2D eigenvalue weighted by atomic mass is 10.2. The Balaban J connectivity index is 1.41. The molecule has 1 aliphatic heterocycles. The highest BCUT2D eigenvalue weighted by Gasteiger charge is 2.17. The first-order valence-electron chi connectivity index (χ1n) is 10.1. The van der Waals surface area contributed by atoms with E-state index in [1.165, 1.54) is 12.8 Å². The number of carbonyl (C=O) groups excluding carboxylic acids is 1. The molecule has 0 saturated carbocycles. The topological polar surface area (TPSA) is 54.5 Å². The molecule has 1 N–H and O–H groups in total. The summed E-state index contributed by atoms with van der Waals surface area (Å²) in [5.74, 6) is 1.64. The maximum atomic E-state index is 12.8. The first-order valence-corrected chi connectivity index (χ1v) is 10.1. The lowest BCUT2D eigenvalue weighted by Gasteiger charge is -2.20. The Labute approximate surface area is 171 Å². The van der Waals surface area contributed by atoms with Gasteiger partial charge in [-0.25, -0.2) is 0 Å². The third-order valence-corrected chi connectivity index (χ3v) is 5.00. The average Bonchev–Trinajstić information content (AvgIpc) is 3.05. The lowest BCUT2D eigenvalue weighted by molar-refractivity contribution is 0.0761. The van der Waals surface area contributed by atoms with Crippen LogP contribution in [-0.4, -0.2) is 28.9 Å². The fourth-order valence-corrected chi connectivity index (χ4v) is 3.48. The Bertz CT molecular complexity index is 934. The van der Waals surface area contributed by atoms with Crippen LogP contribution in [0.2, 0.25) is 0 Å². The molecule has 1 aromatic heterocycles. The molecule has 5 heteroatoms. The van der Waals surface area contributed by atoms with Crippen LogP contribution in [0, 0.1) is 0 Å². The summed E-state index contributed by atoms with van der Waals surface area (Å²) in [6.45, 7) is 1.67. The summed E-state index contributed by atoms with van der Waals surface area (Å²) in [4.78, 5) is 19.0. The van der Waals surface area contributed by atoms with E-state index in [9.17, 15) is 4.79 Å². The van der Waals surface area contributed by atoms with E-state index in [1.54, 1.807) is 12.4 Å². The number of ether oxygens (including phenoxy) is 1. The van der Waals surface area contributed by atoms with Gasteiger partial charge in [0.05, 0.1) is 17.4 Å². The SMILES string of the molecule is O=C(c1cncc(Nc2ccc(Oc3ccccc3)cc2)c1)N1CCCCCC1. The summed E-state index contributed by atoms with van der Waals surface area (Å²) in [6.07, 6.45) is 7.94. The number of para-hydroxylation sites is 1. The summed E-state index contributed by atoms with van der Waals surface area (Å²) in [5.41, 5.74) is 2.33. The van der Waals surface area contributed by atoms with Crippen molar-refractivity contribution in [1.29, 1.82) is 0 Å². The largest absolute Gasteiger partial charge is 0.457 e. The summed E-state index contributed by atoms with van der Waals surface area (Å²) in [5, 5.41) is 3.32. The third-order valence-electron chi connectivity index (χ3n) is 5.00. The number of pyridine rings is 1. The minimum atomic E-state index is 0.0645. The number of hydrogen-bond acceptors (Lipinski definition) is 4. The third kappa shape index (κ3) is 5.13. The van der Waals surface area contributed by atoms with Gasteiger partial charge in [-0.15, -0.1) is 0 Å². The van der Waals surface area contributed by atoms with Crippen LogP contribution in [0.4, 0.5) is 11.4 Å². The van der Waals surface area contributed by atoms with Crippen LogP contribution in [0.25, 0.3) is 0 Å². The van der Waals surface area contributed by atoms with Crippen LogP contribution in [0.15, 0.2) is 73.1 Å². The van der Waals surface area contributed by atoms with E-state index in [4.69, 9.17) is 4.74 Å². The van der Waals surface area contributed by atoms with Crippen molar-refractivity contribution in [1.82, 2.24) is 9.88 Å². The molecule has 0 atom stereocenters. The summed E-state index contributed by atoms with van der Waals surface area (Å²) < 4.78 is 5.82. The standard InChI is InChI=1S/C24H25N3O2/c28-24(27-14-6-1-2-7-15-27)19-16-21(18-25-17-19)26-20-10-12-23(13-11-20)29-22-8-4-3-5-9-22/h3-5,8-13,16-18,26H,1-2,6-7,14-15H2. The van der Waals surface area contributed by atoms with Crippen LogP contribution in [0.3, 0.4) is 0 Å². The van der Waals surface area contributed by atoms with Crippen molar-refractivity contribution in [2.45, 2.75) is 25.7 Å². The van der Waals surface area contributed by atoms with Gasteiger partial charge >= 0.3 is 0 Å². The highest BCUT2D eigenvalue weighted by atomic mass is 16.5. The lowest BCUT2D eigenvalue weighted by Crippen LogP contribution is -2.31. The quantitative estimate of drug-likeness (QED) is 0.616. The van der Waals surface area contributed by atoms with Crippen molar-refractivity contribution >= 4 is 17.3 Å². The molecule has 1 aliphatic rings. The van der Waals surface area contributed by atoms with Gasteiger partial charge in [-0.3, -0.25) is 9.78 Å². The molecule has 0 radical (unpaired) electrons. The highest BCUT2D eigenvalue weighted by Crippen LogP contribution is 2.24. The Kier molecular flexibility index (Phi) is 6.05. The number of hydrogen-bond donors (Lipinski definition) is 1. The van der Waals surface area contributed by atoms with Gasteiger partial charge in [0.25, 0.3) is 5.91 Å². The Morgan fingerprint density at radius 1 is 0.828 bits per heavy atom. The smallest absolute Gasteiger partial charge is 0.255 e. The van der Waals surface area contributed by atoms with E-state index in [1.807, 2.05) is 65.6 Å². The number of nitrogens with zero attached hydrogens (tertiary/aromatic N) is 2. The maximum absolute atomic E-state index is 12.8. The molecule has 2 aromatic carbocycles. The van der Waals surface area contributed by atoms with Crippen LogP contribution in [0.5, 0.6) is 11.5 Å². The maximum Gasteiger partial charge on any atom is 0.255 e. The molecule has 5 nitrogen and oxygen atoms in total. The minimum absolute atomic E-state index is 0.0645. The molecule has 0 aliphatic carbocycles. The summed E-state index contributed by atoms with van der Waals surface area (Å²) in [7, 11) is 0. The number of anilines is 2. The molecule has 0 spiro atoms. The van der Waals surface area contributed by atoms with Crippen molar-refractivity contribution in [3.63, 3.8) is 0 Å². The molecule has 1 fully saturated rings. The molecule has 1 saturated heterocycles. The van der Waals surface area contributed by atoms with Crippen LogP contribution >= 0.6 is 0 Å². The fraction of sp³-hybridized carbons (Fsp3) is 0.250. The van der Waals surface area contributed by atoms with Crippen molar-refractivity contribution in [2.75, 3.05) is 18.4 Å². The number of carbonyl (C=O) groups is 1. The zero-order valence-corrected chi connectivity index (χ0v) is 16.4. The molecular weight excluding hydrogens is 362 g/mol. The van der Waals surface area contributed by atoms with Gasteiger partial charge in [-0.2, -0.15) is 0 Å². The van der Waals surface area contributed by atoms with Gasteiger partial charge in [-0.1, -0.05) is 31.0 Å².